The van der Waals surface area contributed by atoms with E-state index in [-0.39, 0.29) is 18.3 Å². The van der Waals surface area contributed by atoms with Gasteiger partial charge in [0.05, 0.1) is 13.7 Å². The van der Waals surface area contributed by atoms with E-state index in [9.17, 15) is 9.18 Å². The molecule has 2 rings (SSSR count). The van der Waals surface area contributed by atoms with Gasteiger partial charge in [-0.3, -0.25) is 4.79 Å². The molecule has 2 aromatic rings. The third-order valence-corrected chi connectivity index (χ3v) is 3.45. The molecule has 0 heterocycles. The quantitative estimate of drug-likeness (QED) is 0.785. The Morgan fingerprint density at radius 3 is 2.57 bits per heavy atom. The molecule has 0 atom stereocenters. The van der Waals surface area contributed by atoms with Crippen molar-refractivity contribution in [2.24, 2.45) is 0 Å². The van der Waals surface area contributed by atoms with Crippen LogP contribution in [0.5, 0.6) is 5.75 Å². The van der Waals surface area contributed by atoms with Crippen LogP contribution in [0.15, 0.2) is 48.5 Å². The summed E-state index contributed by atoms with van der Waals surface area (Å²) in [5, 5.41) is 5.77. The van der Waals surface area contributed by atoms with Crippen molar-refractivity contribution in [2.45, 2.75) is 13.0 Å². The van der Waals surface area contributed by atoms with Crippen LogP contribution in [-0.2, 0) is 17.8 Å². The van der Waals surface area contributed by atoms with Gasteiger partial charge in [-0.05, 0) is 30.2 Å². The number of benzene rings is 2. The molecule has 4 nitrogen and oxygen atoms in total. The number of carbonyl (C=O) groups is 1. The van der Waals surface area contributed by atoms with Crippen molar-refractivity contribution in [1.29, 1.82) is 0 Å². The maximum Gasteiger partial charge on any atom is 0.233 e. The van der Waals surface area contributed by atoms with Crippen molar-refractivity contribution in [3.8, 4) is 5.75 Å². The predicted molar refractivity (Wildman–Crippen MR) is 87.8 cm³/mol. The summed E-state index contributed by atoms with van der Waals surface area (Å²) in [6.45, 7) is 1.06. The number of nitrogens with one attached hydrogen (secondary N) is 2. The zero-order valence-corrected chi connectivity index (χ0v) is 13.1. The Morgan fingerprint density at radius 1 is 1.13 bits per heavy atom. The molecule has 122 valence electrons. The van der Waals surface area contributed by atoms with E-state index in [0.717, 1.165) is 17.7 Å². The fourth-order valence-corrected chi connectivity index (χ4v) is 2.15. The van der Waals surface area contributed by atoms with E-state index < -0.39 is 0 Å². The highest BCUT2D eigenvalue weighted by atomic mass is 19.1. The summed E-state index contributed by atoms with van der Waals surface area (Å²) in [5.74, 6) is 0.449. The number of rotatable bonds is 8. The minimum atomic E-state index is -0.264. The molecule has 0 bridgehead atoms. The van der Waals surface area contributed by atoms with Gasteiger partial charge < -0.3 is 15.4 Å². The van der Waals surface area contributed by atoms with Gasteiger partial charge in [-0.25, -0.2) is 4.39 Å². The first kappa shape index (κ1) is 17.0. The van der Waals surface area contributed by atoms with E-state index in [1.54, 1.807) is 25.3 Å². The second-order valence-corrected chi connectivity index (χ2v) is 5.14. The third-order valence-electron chi connectivity index (χ3n) is 3.45. The molecule has 2 aromatic carbocycles. The average molecular weight is 316 g/mol. The highest BCUT2D eigenvalue weighted by molar-refractivity contribution is 5.77. The molecule has 0 aliphatic rings. The molecule has 0 aromatic heterocycles. The number of methoxy groups -OCH3 is 1. The molecule has 0 aliphatic heterocycles. The average Bonchev–Trinajstić information content (AvgIpc) is 2.57. The van der Waals surface area contributed by atoms with Crippen LogP contribution in [0.1, 0.15) is 11.1 Å². The van der Waals surface area contributed by atoms with Crippen molar-refractivity contribution in [3.63, 3.8) is 0 Å². The summed E-state index contributed by atoms with van der Waals surface area (Å²) < 4.78 is 18.5. The zero-order chi connectivity index (χ0) is 16.5. The Bertz CT molecular complexity index is 629. The van der Waals surface area contributed by atoms with E-state index in [2.05, 4.69) is 10.6 Å². The summed E-state index contributed by atoms with van der Waals surface area (Å²) in [7, 11) is 1.63. The normalized spacial score (nSPS) is 10.3. The summed E-state index contributed by atoms with van der Waals surface area (Å²) in [5.41, 5.74) is 1.68. The van der Waals surface area contributed by atoms with Crippen LogP contribution >= 0.6 is 0 Å². The van der Waals surface area contributed by atoms with E-state index >= 15 is 0 Å². The fraction of sp³-hybridized carbons (Fsp3) is 0.278. The van der Waals surface area contributed by atoms with Gasteiger partial charge in [0, 0.05) is 18.7 Å². The fourth-order valence-electron chi connectivity index (χ4n) is 2.15. The van der Waals surface area contributed by atoms with Crippen molar-refractivity contribution < 1.29 is 13.9 Å². The lowest BCUT2D eigenvalue weighted by Gasteiger charge is -2.08. The van der Waals surface area contributed by atoms with Crippen molar-refractivity contribution in [1.82, 2.24) is 10.6 Å². The summed E-state index contributed by atoms with van der Waals surface area (Å²) in [6.07, 6.45) is 0.753. The number of hydrogen-bond donors (Lipinski definition) is 2. The largest absolute Gasteiger partial charge is 0.497 e. The van der Waals surface area contributed by atoms with E-state index in [4.69, 9.17) is 4.74 Å². The number of hydrogen-bond acceptors (Lipinski definition) is 3. The maximum atomic E-state index is 13.4. The highest BCUT2D eigenvalue weighted by Crippen LogP contribution is 2.11. The Hall–Kier alpha value is -2.40. The first-order valence-electron chi connectivity index (χ1n) is 7.53. The lowest BCUT2D eigenvalue weighted by atomic mass is 10.1. The molecule has 0 saturated heterocycles. The third kappa shape index (κ3) is 5.71. The molecule has 23 heavy (non-hydrogen) atoms. The number of ether oxygens (including phenoxy) is 1. The molecule has 0 aliphatic carbocycles. The van der Waals surface area contributed by atoms with Crippen LogP contribution in [0.25, 0.3) is 0 Å². The minimum Gasteiger partial charge on any atom is -0.497 e. The van der Waals surface area contributed by atoms with Gasteiger partial charge in [-0.15, -0.1) is 0 Å². The van der Waals surface area contributed by atoms with Gasteiger partial charge in [0.2, 0.25) is 5.91 Å². The molecule has 2 N–H and O–H groups in total. The number of carbonyl (C=O) groups excluding carboxylic acids is 1. The molecular weight excluding hydrogens is 295 g/mol. The van der Waals surface area contributed by atoms with Crippen LogP contribution in [0.4, 0.5) is 4.39 Å². The molecule has 0 fully saturated rings. The van der Waals surface area contributed by atoms with Crippen LogP contribution in [0.2, 0.25) is 0 Å². The van der Waals surface area contributed by atoms with Crippen molar-refractivity contribution >= 4 is 5.91 Å². The number of halogens is 1. The van der Waals surface area contributed by atoms with E-state index in [1.807, 2.05) is 24.3 Å². The van der Waals surface area contributed by atoms with Crippen LogP contribution in [0, 0.1) is 5.82 Å². The van der Waals surface area contributed by atoms with Crippen LogP contribution < -0.4 is 15.4 Å². The van der Waals surface area contributed by atoms with Crippen LogP contribution in [-0.4, -0.2) is 26.1 Å². The highest BCUT2D eigenvalue weighted by Gasteiger charge is 2.03. The Kier molecular flexibility index (Phi) is 6.56. The van der Waals surface area contributed by atoms with Gasteiger partial charge in [-0.1, -0.05) is 30.3 Å². The smallest absolute Gasteiger partial charge is 0.233 e. The van der Waals surface area contributed by atoms with Gasteiger partial charge >= 0.3 is 0 Å². The molecule has 5 heteroatoms. The standard InChI is InChI=1S/C18H21FN2O2/c1-23-16-8-6-14(7-9-16)10-11-21-18(22)13-20-12-15-4-2-3-5-17(15)19/h2-9,20H,10-13H2,1H3,(H,21,22). The van der Waals surface area contributed by atoms with Gasteiger partial charge in [0.1, 0.15) is 11.6 Å². The summed E-state index contributed by atoms with van der Waals surface area (Å²) >= 11 is 0. The molecule has 0 radical (unpaired) electrons. The minimum absolute atomic E-state index is 0.102. The maximum absolute atomic E-state index is 13.4. The molecular formula is C18H21FN2O2. The molecule has 0 spiro atoms. The molecule has 1 amide bonds. The second kappa shape index (κ2) is 8.90. The predicted octanol–water partition coefficient (Wildman–Crippen LogP) is 2.28. The van der Waals surface area contributed by atoms with Gasteiger partial charge in [0.15, 0.2) is 0 Å². The topological polar surface area (TPSA) is 50.4 Å². The van der Waals surface area contributed by atoms with Crippen molar-refractivity contribution in [3.05, 3.63) is 65.5 Å². The Morgan fingerprint density at radius 2 is 1.87 bits per heavy atom. The number of amides is 1. The van der Waals surface area contributed by atoms with Crippen molar-refractivity contribution in [2.75, 3.05) is 20.2 Å². The summed E-state index contributed by atoms with van der Waals surface area (Å²) in [6, 6.07) is 14.3. The lowest BCUT2D eigenvalue weighted by molar-refractivity contribution is -0.120. The first-order valence-corrected chi connectivity index (χ1v) is 7.53. The van der Waals surface area contributed by atoms with E-state index in [0.29, 0.717) is 18.7 Å². The Balaban J connectivity index is 1.64. The van der Waals surface area contributed by atoms with Gasteiger partial charge in [0.25, 0.3) is 0 Å². The van der Waals surface area contributed by atoms with Crippen LogP contribution in [0.3, 0.4) is 0 Å². The first-order chi connectivity index (χ1) is 11.2. The van der Waals surface area contributed by atoms with E-state index in [1.165, 1.54) is 6.07 Å². The van der Waals surface area contributed by atoms with Gasteiger partial charge in [-0.2, -0.15) is 0 Å². The zero-order valence-electron chi connectivity index (χ0n) is 13.1. The molecule has 0 unspecified atom stereocenters. The SMILES string of the molecule is COc1ccc(CCNC(=O)CNCc2ccccc2F)cc1. The lowest BCUT2D eigenvalue weighted by Crippen LogP contribution is -2.34. The monoisotopic (exact) mass is 316 g/mol. The second-order valence-electron chi connectivity index (χ2n) is 5.14. The molecule has 0 saturated carbocycles. The summed E-state index contributed by atoms with van der Waals surface area (Å²) in [4.78, 5) is 11.7. The Labute approximate surface area is 135 Å².